The van der Waals surface area contributed by atoms with Crippen LogP contribution in [0.3, 0.4) is 0 Å². The Morgan fingerprint density at radius 1 is 0.564 bits per heavy atom. The molecule has 0 unspecified atom stereocenters. The van der Waals surface area contributed by atoms with Gasteiger partial charge in [-0.25, -0.2) is 9.48 Å². The number of carbonyl (C=O) groups is 9. The van der Waals surface area contributed by atoms with Crippen molar-refractivity contribution < 1.29 is 87.3 Å². The Bertz CT molecular complexity index is 3150. The molecule has 0 spiro atoms. The lowest BCUT2D eigenvalue weighted by Crippen LogP contribution is -2.70. The lowest BCUT2D eigenvalue weighted by molar-refractivity contribution is -0.163. The predicted octanol–water partition coefficient (Wildman–Crippen LogP) is 2.91. The van der Waals surface area contributed by atoms with Crippen LogP contribution in [0.1, 0.15) is 117 Å². The summed E-state index contributed by atoms with van der Waals surface area (Å²) in [5, 5.41) is 55.9. The highest BCUT2D eigenvalue weighted by atomic mass is 16.5. The number of nitrogens with zero attached hydrogens (tertiary/aromatic N) is 8. The van der Waals surface area contributed by atoms with Crippen molar-refractivity contribution in [3.8, 4) is 28.4 Å². The van der Waals surface area contributed by atoms with Gasteiger partial charge in [0.15, 0.2) is 5.69 Å². The second-order valence-electron chi connectivity index (χ2n) is 27.4. The van der Waals surface area contributed by atoms with Crippen molar-refractivity contribution in [3.05, 3.63) is 59.3 Å². The molecule has 1 saturated heterocycles. The molecule has 5 aliphatic rings. The SMILES string of the molecule is COc1cccc(OC)c1-c1cc(C(=O)NC2(C(=O)O)C3CC4CC(C3)CC2C4)nn1-c1ccc(C(=O)N(CCCNC(=O)CCC(=O)NCCCOCCOCCOCCCNC(=O)CN2CCN(CC(=O)O)CCN(CC(=O)O)CCN(CC(=O)O)CC2)CCCN(C)C)cc1C(C)C. The summed E-state index contributed by atoms with van der Waals surface area (Å²) in [6.07, 6.45) is 6.47. The normalized spacial score (nSPS) is 19.8. The van der Waals surface area contributed by atoms with Gasteiger partial charge >= 0.3 is 23.9 Å². The van der Waals surface area contributed by atoms with Crippen molar-refractivity contribution in [2.45, 2.75) is 95.9 Å². The average molecular weight is 1420 g/mol. The quantitative estimate of drug-likeness (QED) is 0.0378. The van der Waals surface area contributed by atoms with Gasteiger partial charge in [0.1, 0.15) is 17.0 Å². The van der Waals surface area contributed by atoms with Gasteiger partial charge in [0.25, 0.3) is 11.8 Å². The van der Waals surface area contributed by atoms with E-state index in [4.69, 9.17) is 28.8 Å². The van der Waals surface area contributed by atoms with Gasteiger partial charge in [0, 0.05) is 117 Å². The number of carboxylic acid groups (broad SMARTS) is 4. The Hall–Kier alpha value is -7.84. The third-order valence-corrected chi connectivity index (χ3v) is 19.4. The van der Waals surface area contributed by atoms with E-state index >= 15 is 0 Å². The Balaban J connectivity index is 0.789. The largest absolute Gasteiger partial charge is 0.496 e. The molecule has 5 fully saturated rings. The summed E-state index contributed by atoms with van der Waals surface area (Å²) in [5.41, 5.74) is 1.45. The van der Waals surface area contributed by atoms with E-state index in [1.165, 1.54) is 0 Å². The smallest absolute Gasteiger partial charge is 0.330 e. The molecule has 2 heterocycles. The number of ether oxygens (including phenoxy) is 5. The summed E-state index contributed by atoms with van der Waals surface area (Å²) >= 11 is 0. The zero-order chi connectivity index (χ0) is 73.0. The van der Waals surface area contributed by atoms with E-state index in [0.717, 1.165) is 44.2 Å². The van der Waals surface area contributed by atoms with Crippen LogP contribution in [0.2, 0.25) is 0 Å². The molecule has 101 heavy (non-hydrogen) atoms. The van der Waals surface area contributed by atoms with Crippen molar-refractivity contribution >= 4 is 53.4 Å². The van der Waals surface area contributed by atoms with E-state index < -0.39 is 35.3 Å². The summed E-state index contributed by atoms with van der Waals surface area (Å²) in [6, 6.07) is 12.4. The highest BCUT2D eigenvalue weighted by Gasteiger charge is 2.62. The van der Waals surface area contributed by atoms with Crippen LogP contribution in [0, 0.1) is 23.7 Å². The molecule has 0 atom stereocenters. The predicted molar refractivity (Wildman–Crippen MR) is 373 cm³/mol. The van der Waals surface area contributed by atoms with Gasteiger partial charge < -0.3 is 75.2 Å². The number of benzene rings is 2. The first kappa shape index (κ1) is 80.5. The number of carbonyl (C=O) groups excluding carboxylic acids is 5. The summed E-state index contributed by atoms with van der Waals surface area (Å²) in [7, 11) is 7.03. The topological polar surface area (TPSA) is 366 Å². The van der Waals surface area contributed by atoms with Crippen molar-refractivity contribution in [1.82, 2.24) is 60.4 Å². The molecule has 1 aromatic heterocycles. The number of aliphatic carboxylic acids is 4. The molecule has 30 heteroatoms. The molecule has 2 aromatic carbocycles. The van der Waals surface area contributed by atoms with Gasteiger partial charge in [-0.3, -0.25) is 58.0 Å². The molecular formula is C71H108N12O18. The number of carboxylic acids is 4. The van der Waals surface area contributed by atoms with Crippen LogP contribution in [0.4, 0.5) is 0 Å². The maximum absolute atomic E-state index is 14.6. The minimum atomic E-state index is -1.40. The Kier molecular flexibility index (Phi) is 32.4. The monoisotopic (exact) mass is 1420 g/mol. The molecule has 8 rings (SSSR count). The molecule has 4 saturated carbocycles. The molecular weight excluding hydrogens is 1310 g/mol. The van der Waals surface area contributed by atoms with E-state index in [0.29, 0.717) is 164 Å². The zero-order valence-electron chi connectivity index (χ0n) is 59.8. The first-order valence-corrected chi connectivity index (χ1v) is 35.5. The zero-order valence-corrected chi connectivity index (χ0v) is 59.8. The van der Waals surface area contributed by atoms with Crippen LogP contribution in [0.15, 0.2) is 42.5 Å². The molecule has 1 aliphatic heterocycles. The molecule has 4 aliphatic carbocycles. The van der Waals surface area contributed by atoms with E-state index in [2.05, 4.69) is 26.2 Å². The fraction of sp³-hybridized carbons (Fsp3) is 0.662. The molecule has 30 nitrogen and oxygen atoms in total. The summed E-state index contributed by atoms with van der Waals surface area (Å²) < 4.78 is 30.3. The van der Waals surface area contributed by atoms with Gasteiger partial charge in [-0.15, -0.1) is 0 Å². The first-order chi connectivity index (χ1) is 48.5. The molecule has 4 bridgehead atoms. The summed E-state index contributed by atoms with van der Waals surface area (Å²) in [4.78, 5) is 127. The molecule has 8 N–H and O–H groups in total. The Morgan fingerprint density at radius 2 is 1.02 bits per heavy atom. The van der Waals surface area contributed by atoms with E-state index in [9.17, 15) is 63.6 Å². The number of aromatic nitrogens is 2. The van der Waals surface area contributed by atoms with Gasteiger partial charge in [0.05, 0.1) is 83.8 Å². The number of hydrogen-bond acceptors (Lipinski definition) is 20. The van der Waals surface area contributed by atoms with Gasteiger partial charge in [0.2, 0.25) is 17.7 Å². The second kappa shape index (κ2) is 40.7. The van der Waals surface area contributed by atoms with Gasteiger partial charge in [-0.2, -0.15) is 5.10 Å². The van der Waals surface area contributed by atoms with Crippen LogP contribution < -0.4 is 30.7 Å². The second-order valence-corrected chi connectivity index (χ2v) is 27.4. The minimum Gasteiger partial charge on any atom is -0.496 e. The summed E-state index contributed by atoms with van der Waals surface area (Å²) in [5.74, 6) is -4.25. The van der Waals surface area contributed by atoms with Crippen LogP contribution in [0.25, 0.3) is 16.9 Å². The van der Waals surface area contributed by atoms with Crippen molar-refractivity contribution in [2.24, 2.45) is 23.7 Å². The highest BCUT2D eigenvalue weighted by Crippen LogP contribution is 2.58. The minimum absolute atomic E-state index is 0.00399. The molecule has 560 valence electrons. The van der Waals surface area contributed by atoms with Crippen molar-refractivity contribution in [3.63, 3.8) is 0 Å². The van der Waals surface area contributed by atoms with Crippen LogP contribution >= 0.6 is 0 Å². The number of amides is 5. The molecule has 0 radical (unpaired) electrons. The Morgan fingerprint density at radius 3 is 1.48 bits per heavy atom. The van der Waals surface area contributed by atoms with Crippen LogP contribution in [-0.4, -0.2) is 304 Å². The van der Waals surface area contributed by atoms with Crippen molar-refractivity contribution in [1.29, 1.82) is 0 Å². The molecule has 5 amide bonds. The van der Waals surface area contributed by atoms with E-state index in [-0.39, 0.29) is 119 Å². The lowest BCUT2D eigenvalue weighted by atomic mass is 9.48. The maximum Gasteiger partial charge on any atom is 0.330 e. The van der Waals surface area contributed by atoms with E-state index in [1.807, 2.05) is 45.0 Å². The maximum atomic E-state index is 14.6. The number of methoxy groups -OCH3 is 2. The standard InChI is InChI=1S/C71H108N12O18/c1-49(2)55-43-52(14-15-57(55)83-58(67-59(97-5)12-7-13-60(67)98-6)44-56(76-83)68(93)75-71(70(95)96)53-39-50-38-51(41-53)42-54(71)40-50)69(94)82(23-11-21-77(3)4)22-8-18-72-61(84)16-17-62(85)73-19-9-32-99-34-36-101-37-35-100-33-10-20-74-63(86)45-78-24-26-79(46-64(87)88)28-30-81(48-66(91)92)31-29-80(27-25-78)47-65(89)90/h7,12-15,43-44,49-51,53-54H,8-11,16-42,45-48H2,1-6H3,(H,72,84)(H,73,85)(H,74,86)(H,75,93)(H,87,88)(H,89,90)(H,91,92)(H,95,96). The third kappa shape index (κ3) is 24.7. The number of hydrogen-bond donors (Lipinski definition) is 8. The number of nitrogens with one attached hydrogen (secondary N) is 4. The van der Waals surface area contributed by atoms with Crippen LogP contribution in [-0.2, 0) is 47.8 Å². The fourth-order valence-corrected chi connectivity index (χ4v) is 14.5. The first-order valence-electron chi connectivity index (χ1n) is 35.5. The third-order valence-electron chi connectivity index (χ3n) is 19.4. The fourth-order valence-electron chi connectivity index (χ4n) is 14.5. The van der Waals surface area contributed by atoms with E-state index in [1.54, 1.807) is 68.8 Å². The number of rotatable bonds is 42. The van der Waals surface area contributed by atoms with Crippen LogP contribution in [0.5, 0.6) is 11.5 Å². The summed E-state index contributed by atoms with van der Waals surface area (Å²) in [6.45, 7) is 10.4. The highest BCUT2D eigenvalue weighted by molar-refractivity contribution is 5.99. The Labute approximate surface area is 592 Å². The lowest BCUT2D eigenvalue weighted by Gasteiger charge is -2.59. The average Bonchev–Trinajstić information content (AvgIpc) is 1.33. The van der Waals surface area contributed by atoms with Gasteiger partial charge in [-0.1, -0.05) is 19.9 Å². The van der Waals surface area contributed by atoms with Gasteiger partial charge in [-0.05, 0) is 150 Å². The molecule has 3 aromatic rings. The van der Waals surface area contributed by atoms with Crippen molar-refractivity contribution in [2.75, 3.05) is 186 Å².